The molecule has 0 bridgehead atoms. The summed E-state index contributed by atoms with van der Waals surface area (Å²) < 4.78 is 1.61. The Bertz CT molecular complexity index is 611. The van der Waals surface area contributed by atoms with Crippen LogP contribution in [-0.4, -0.2) is 31.2 Å². The highest BCUT2D eigenvalue weighted by molar-refractivity contribution is 5.54. The number of nitro groups is 1. The number of pyridine rings is 1. The molecule has 0 radical (unpaired) electrons. The van der Waals surface area contributed by atoms with Gasteiger partial charge in [0.2, 0.25) is 0 Å². The highest BCUT2D eigenvalue weighted by Crippen LogP contribution is 2.19. The Balaban J connectivity index is 2.01. The molecular weight excluding hydrogens is 264 g/mol. The molecule has 0 aliphatic heterocycles. The number of hydrazine groups is 1. The van der Waals surface area contributed by atoms with Crippen molar-refractivity contribution in [1.29, 1.82) is 0 Å². The van der Waals surface area contributed by atoms with Gasteiger partial charge >= 0.3 is 0 Å². The number of anilines is 2. The Hall–Kier alpha value is -2.75. The lowest BCUT2D eigenvalue weighted by Crippen LogP contribution is -2.12. The Morgan fingerprint density at radius 2 is 2.20 bits per heavy atom. The third-order valence-corrected chi connectivity index (χ3v) is 2.47. The third kappa shape index (κ3) is 3.38. The van der Waals surface area contributed by atoms with Gasteiger partial charge in [0.15, 0.2) is 5.82 Å². The van der Waals surface area contributed by atoms with Gasteiger partial charge in [0.25, 0.3) is 5.69 Å². The van der Waals surface area contributed by atoms with Crippen LogP contribution in [0.25, 0.3) is 0 Å². The molecule has 106 valence electrons. The van der Waals surface area contributed by atoms with E-state index in [0.29, 0.717) is 24.6 Å². The van der Waals surface area contributed by atoms with Gasteiger partial charge in [-0.1, -0.05) is 0 Å². The molecule has 0 spiro atoms. The first-order valence-electron chi connectivity index (χ1n) is 5.80. The summed E-state index contributed by atoms with van der Waals surface area (Å²) in [5.74, 6) is 6.49. The summed E-state index contributed by atoms with van der Waals surface area (Å²) in [5, 5.41) is 17.9. The Morgan fingerprint density at radius 3 is 2.80 bits per heavy atom. The maximum Gasteiger partial charge on any atom is 0.276 e. The summed E-state index contributed by atoms with van der Waals surface area (Å²) in [5.41, 5.74) is 2.20. The van der Waals surface area contributed by atoms with E-state index in [-0.39, 0.29) is 11.5 Å². The van der Waals surface area contributed by atoms with E-state index in [0.717, 1.165) is 0 Å². The van der Waals surface area contributed by atoms with Crippen LogP contribution in [0.5, 0.6) is 0 Å². The Kier molecular flexibility index (Phi) is 4.05. The van der Waals surface area contributed by atoms with E-state index in [9.17, 15) is 10.1 Å². The minimum absolute atomic E-state index is 0.0913. The molecule has 2 rings (SSSR count). The smallest absolute Gasteiger partial charge is 0.276 e. The van der Waals surface area contributed by atoms with Crippen molar-refractivity contribution >= 4 is 17.3 Å². The molecule has 2 aromatic heterocycles. The first kappa shape index (κ1) is 13.7. The van der Waals surface area contributed by atoms with Gasteiger partial charge in [0.05, 0.1) is 17.1 Å². The van der Waals surface area contributed by atoms with Crippen LogP contribution in [0.1, 0.15) is 5.82 Å². The number of aromatic nitrogens is 4. The van der Waals surface area contributed by atoms with Gasteiger partial charge in [-0.3, -0.25) is 14.8 Å². The van der Waals surface area contributed by atoms with Crippen LogP contribution < -0.4 is 16.6 Å². The molecule has 10 nitrogen and oxygen atoms in total. The zero-order chi connectivity index (χ0) is 14.5. The van der Waals surface area contributed by atoms with Crippen LogP contribution in [0.3, 0.4) is 0 Å². The van der Waals surface area contributed by atoms with Crippen molar-refractivity contribution in [2.75, 3.05) is 17.3 Å². The average molecular weight is 278 g/mol. The molecule has 4 N–H and O–H groups in total. The van der Waals surface area contributed by atoms with E-state index >= 15 is 0 Å². The molecule has 0 aliphatic carbocycles. The fourth-order valence-electron chi connectivity index (χ4n) is 1.59. The second kappa shape index (κ2) is 5.93. The predicted molar refractivity (Wildman–Crippen MR) is 71.9 cm³/mol. The van der Waals surface area contributed by atoms with Crippen LogP contribution in [-0.2, 0) is 13.5 Å². The maximum atomic E-state index is 10.8. The minimum atomic E-state index is -0.506. The second-order valence-electron chi connectivity index (χ2n) is 4.01. The number of nitrogens with zero attached hydrogens (tertiary/aromatic N) is 5. The van der Waals surface area contributed by atoms with Crippen molar-refractivity contribution in [2.45, 2.75) is 6.42 Å². The van der Waals surface area contributed by atoms with E-state index in [2.05, 4.69) is 25.8 Å². The fourth-order valence-corrected chi connectivity index (χ4v) is 1.59. The SMILES string of the molecule is Cn1cnc(CCNc2cc([N+](=O)[O-])cc(NN)n2)n1. The number of nitrogens with one attached hydrogen (secondary N) is 2. The van der Waals surface area contributed by atoms with E-state index in [1.165, 1.54) is 12.1 Å². The summed E-state index contributed by atoms with van der Waals surface area (Å²) in [6.45, 7) is 0.502. The molecule has 2 heterocycles. The van der Waals surface area contributed by atoms with E-state index in [1.54, 1.807) is 18.1 Å². The predicted octanol–water partition coefficient (Wildman–Crippen LogP) is 0.0585. The highest BCUT2D eigenvalue weighted by Gasteiger charge is 2.10. The summed E-state index contributed by atoms with van der Waals surface area (Å²) in [6, 6.07) is 2.60. The van der Waals surface area contributed by atoms with Crippen molar-refractivity contribution in [3.8, 4) is 0 Å². The first-order chi connectivity index (χ1) is 9.58. The van der Waals surface area contributed by atoms with Gasteiger partial charge in [0.1, 0.15) is 18.0 Å². The van der Waals surface area contributed by atoms with E-state index in [1.807, 2.05) is 0 Å². The summed E-state index contributed by atoms with van der Waals surface area (Å²) in [6.07, 6.45) is 2.19. The number of rotatable bonds is 6. The lowest BCUT2D eigenvalue weighted by atomic mass is 10.3. The number of aryl methyl sites for hydroxylation is 1. The van der Waals surface area contributed by atoms with Crippen molar-refractivity contribution in [1.82, 2.24) is 19.7 Å². The number of nitrogens with two attached hydrogens (primary N) is 1. The van der Waals surface area contributed by atoms with Crippen LogP contribution >= 0.6 is 0 Å². The van der Waals surface area contributed by atoms with Gasteiger partial charge in [0, 0.05) is 20.0 Å². The average Bonchev–Trinajstić information content (AvgIpc) is 2.84. The molecule has 20 heavy (non-hydrogen) atoms. The molecule has 0 amide bonds. The minimum Gasteiger partial charge on any atom is -0.369 e. The molecule has 0 saturated carbocycles. The molecule has 0 aliphatic rings. The van der Waals surface area contributed by atoms with Crippen LogP contribution in [0.15, 0.2) is 18.5 Å². The van der Waals surface area contributed by atoms with E-state index < -0.39 is 4.92 Å². The second-order valence-corrected chi connectivity index (χ2v) is 4.01. The third-order valence-electron chi connectivity index (χ3n) is 2.47. The molecule has 0 fully saturated rings. The summed E-state index contributed by atoms with van der Waals surface area (Å²) in [7, 11) is 1.78. The number of nitrogen functional groups attached to an aromatic ring is 1. The molecule has 0 saturated heterocycles. The molecule has 10 heteroatoms. The van der Waals surface area contributed by atoms with Crippen molar-refractivity contribution in [2.24, 2.45) is 12.9 Å². The highest BCUT2D eigenvalue weighted by atomic mass is 16.6. The van der Waals surface area contributed by atoms with Crippen LogP contribution in [0, 0.1) is 10.1 Å². The van der Waals surface area contributed by atoms with Crippen molar-refractivity contribution in [3.63, 3.8) is 0 Å². The normalized spacial score (nSPS) is 10.3. The summed E-state index contributed by atoms with van der Waals surface area (Å²) in [4.78, 5) is 18.4. The Morgan fingerprint density at radius 1 is 1.45 bits per heavy atom. The quantitative estimate of drug-likeness (QED) is 0.383. The standard InChI is InChI=1S/C10H14N8O2/c1-17-6-13-8(16-17)2-3-12-9-4-7(18(19)20)5-10(14-9)15-11/h4-6H,2-3,11H2,1H3,(H2,12,14,15). The fraction of sp³-hybridized carbons (Fsp3) is 0.300. The zero-order valence-corrected chi connectivity index (χ0v) is 10.8. The van der Waals surface area contributed by atoms with Crippen LogP contribution in [0.2, 0.25) is 0 Å². The monoisotopic (exact) mass is 278 g/mol. The number of hydrogen-bond donors (Lipinski definition) is 3. The molecule has 2 aromatic rings. The van der Waals surface area contributed by atoms with Gasteiger partial charge in [-0.05, 0) is 0 Å². The van der Waals surface area contributed by atoms with Gasteiger partial charge in [-0.2, -0.15) is 5.10 Å². The zero-order valence-electron chi connectivity index (χ0n) is 10.8. The lowest BCUT2D eigenvalue weighted by molar-refractivity contribution is -0.384. The topological polar surface area (TPSA) is 137 Å². The molecular formula is C10H14N8O2. The molecule has 0 aromatic carbocycles. The Labute approximate surface area is 114 Å². The maximum absolute atomic E-state index is 10.8. The lowest BCUT2D eigenvalue weighted by Gasteiger charge is -2.06. The van der Waals surface area contributed by atoms with Crippen molar-refractivity contribution < 1.29 is 4.92 Å². The first-order valence-corrected chi connectivity index (χ1v) is 5.80. The van der Waals surface area contributed by atoms with Crippen molar-refractivity contribution in [3.05, 3.63) is 34.4 Å². The molecule has 0 atom stereocenters. The summed E-state index contributed by atoms with van der Waals surface area (Å²) >= 11 is 0. The van der Waals surface area contributed by atoms with Gasteiger partial charge in [-0.25, -0.2) is 15.8 Å². The van der Waals surface area contributed by atoms with Gasteiger partial charge in [-0.15, -0.1) is 0 Å². The number of hydrogen-bond acceptors (Lipinski definition) is 8. The largest absolute Gasteiger partial charge is 0.369 e. The van der Waals surface area contributed by atoms with Gasteiger partial charge < -0.3 is 10.7 Å². The van der Waals surface area contributed by atoms with E-state index in [4.69, 9.17) is 5.84 Å². The van der Waals surface area contributed by atoms with Crippen LogP contribution in [0.4, 0.5) is 17.3 Å². The molecule has 0 unspecified atom stereocenters.